The molecule has 2 atom stereocenters. The molecule has 2 aromatic rings. The predicted molar refractivity (Wildman–Crippen MR) is 146 cm³/mol. The van der Waals surface area contributed by atoms with Crippen LogP contribution in [-0.4, -0.2) is 47.5 Å². The molecule has 0 aliphatic heterocycles. The van der Waals surface area contributed by atoms with Crippen molar-refractivity contribution in [3.05, 3.63) is 71.3 Å². The molecule has 0 saturated carbocycles. The highest BCUT2D eigenvalue weighted by atomic mass is 16.6. The van der Waals surface area contributed by atoms with Crippen LogP contribution in [0.25, 0.3) is 0 Å². The van der Waals surface area contributed by atoms with Gasteiger partial charge in [-0.25, -0.2) is 4.79 Å². The van der Waals surface area contributed by atoms with E-state index in [0.29, 0.717) is 17.7 Å². The van der Waals surface area contributed by atoms with Crippen molar-refractivity contribution < 1.29 is 19.1 Å². The Bertz CT molecular complexity index is 1090. The second kappa shape index (κ2) is 14.1. The number of hydrogen-bond donors (Lipinski definition) is 2. The summed E-state index contributed by atoms with van der Waals surface area (Å²) in [6, 6.07) is 14.6. The van der Waals surface area contributed by atoms with E-state index in [-0.39, 0.29) is 18.9 Å². The Morgan fingerprint density at radius 3 is 2.27 bits per heavy atom. The molecule has 0 spiro atoms. The van der Waals surface area contributed by atoms with Gasteiger partial charge >= 0.3 is 6.09 Å². The van der Waals surface area contributed by atoms with Gasteiger partial charge in [-0.3, -0.25) is 9.59 Å². The molecule has 7 heteroatoms. The third-order valence-corrected chi connectivity index (χ3v) is 5.70. The highest BCUT2D eigenvalue weighted by molar-refractivity contribution is 5.92. The van der Waals surface area contributed by atoms with Gasteiger partial charge in [-0.05, 0) is 51.3 Å². The lowest BCUT2D eigenvalue weighted by atomic mass is 9.96. The van der Waals surface area contributed by atoms with E-state index in [0.717, 1.165) is 18.4 Å². The number of terminal acetylenes is 1. The summed E-state index contributed by atoms with van der Waals surface area (Å²) in [5.74, 6) is 1.91. The van der Waals surface area contributed by atoms with Crippen LogP contribution in [0.3, 0.4) is 0 Å². The molecule has 0 aromatic heterocycles. The molecule has 0 saturated heterocycles. The first-order chi connectivity index (χ1) is 17.6. The zero-order valence-electron chi connectivity index (χ0n) is 22.5. The molecule has 2 rings (SSSR count). The van der Waals surface area contributed by atoms with Gasteiger partial charge in [0, 0.05) is 25.1 Å². The number of unbranched alkanes of at least 4 members (excludes halogenated alkanes) is 1. The molecule has 2 N–H and O–H groups in total. The molecular formula is C30H39N3O4. The van der Waals surface area contributed by atoms with Gasteiger partial charge in [-0.1, -0.05) is 67.8 Å². The zero-order chi connectivity index (χ0) is 27.4. The molecule has 2 aromatic carbocycles. The van der Waals surface area contributed by atoms with Gasteiger partial charge < -0.3 is 20.3 Å². The maximum atomic E-state index is 14.1. The largest absolute Gasteiger partial charge is 0.444 e. The molecule has 0 aliphatic carbocycles. The standard InChI is InChI=1S/C30H39N3O4/c1-7-10-20-31-27(34)26(24-19-15-14-18-23(24)8-2)33(9-3)28(35)25(21-22-16-12-11-13-17-22)32-29(36)37-30(4,5)6/h2,11-19,25-26H,7,9-10,20-21H2,1,3-6H3,(H,31,34)(H,32,36). The number of alkyl carbamates (subject to hydrolysis) is 1. The summed E-state index contributed by atoms with van der Waals surface area (Å²) in [6.07, 6.45) is 7.02. The molecule has 0 bridgehead atoms. The summed E-state index contributed by atoms with van der Waals surface area (Å²) in [4.78, 5) is 41.7. The van der Waals surface area contributed by atoms with Crippen molar-refractivity contribution in [2.45, 2.75) is 71.6 Å². The fourth-order valence-corrected chi connectivity index (χ4v) is 3.97. The Kier molecular flexibility index (Phi) is 11.2. The van der Waals surface area contributed by atoms with Gasteiger partial charge in [0.05, 0.1) is 0 Å². The Hall–Kier alpha value is -3.79. The number of carbonyl (C=O) groups excluding carboxylic acids is 3. The lowest BCUT2D eigenvalue weighted by Gasteiger charge is -2.34. The number of nitrogens with zero attached hydrogens (tertiary/aromatic N) is 1. The van der Waals surface area contributed by atoms with Crippen molar-refractivity contribution in [3.63, 3.8) is 0 Å². The number of benzene rings is 2. The molecule has 0 heterocycles. The van der Waals surface area contributed by atoms with Gasteiger partial charge in [-0.2, -0.15) is 0 Å². The Morgan fingerprint density at radius 2 is 1.68 bits per heavy atom. The maximum absolute atomic E-state index is 14.1. The number of amides is 3. The zero-order valence-corrected chi connectivity index (χ0v) is 22.5. The highest BCUT2D eigenvalue weighted by Crippen LogP contribution is 2.26. The van der Waals surface area contributed by atoms with Crippen LogP contribution in [0.2, 0.25) is 0 Å². The Labute approximate surface area is 221 Å². The molecule has 198 valence electrons. The molecule has 0 radical (unpaired) electrons. The second-order valence-electron chi connectivity index (χ2n) is 9.79. The highest BCUT2D eigenvalue weighted by Gasteiger charge is 2.36. The smallest absolute Gasteiger partial charge is 0.408 e. The van der Waals surface area contributed by atoms with Crippen LogP contribution >= 0.6 is 0 Å². The first kappa shape index (κ1) is 29.4. The SMILES string of the molecule is C#Cc1ccccc1C(C(=O)NCCCC)N(CC)C(=O)C(Cc1ccccc1)NC(=O)OC(C)(C)C. The van der Waals surface area contributed by atoms with Crippen LogP contribution in [0, 0.1) is 12.3 Å². The van der Waals surface area contributed by atoms with E-state index in [1.165, 1.54) is 4.90 Å². The average Bonchev–Trinajstić information content (AvgIpc) is 2.86. The minimum absolute atomic E-state index is 0.227. The number of hydrogen-bond acceptors (Lipinski definition) is 4. The van der Waals surface area contributed by atoms with Crippen molar-refractivity contribution in [1.29, 1.82) is 0 Å². The molecule has 3 amide bonds. The molecular weight excluding hydrogens is 466 g/mol. The number of nitrogens with one attached hydrogen (secondary N) is 2. The monoisotopic (exact) mass is 505 g/mol. The minimum atomic E-state index is -0.958. The summed E-state index contributed by atoms with van der Waals surface area (Å²) in [5, 5.41) is 5.69. The normalized spacial score (nSPS) is 12.5. The fourth-order valence-electron chi connectivity index (χ4n) is 3.97. The summed E-state index contributed by atoms with van der Waals surface area (Å²) in [7, 11) is 0. The van der Waals surface area contributed by atoms with Crippen LogP contribution in [-0.2, 0) is 20.7 Å². The first-order valence-corrected chi connectivity index (χ1v) is 12.8. The number of likely N-dealkylation sites (N-methyl/N-ethyl adjacent to an activating group) is 1. The summed E-state index contributed by atoms with van der Waals surface area (Å²) < 4.78 is 5.44. The minimum Gasteiger partial charge on any atom is -0.444 e. The Balaban J connectivity index is 2.48. The molecule has 37 heavy (non-hydrogen) atoms. The third-order valence-electron chi connectivity index (χ3n) is 5.70. The van der Waals surface area contributed by atoms with Crippen molar-refractivity contribution in [1.82, 2.24) is 15.5 Å². The molecule has 2 unspecified atom stereocenters. The van der Waals surface area contributed by atoms with Gasteiger partial charge in [0.1, 0.15) is 17.7 Å². The van der Waals surface area contributed by atoms with Gasteiger partial charge in [0.2, 0.25) is 11.8 Å². The Morgan fingerprint density at radius 1 is 1.03 bits per heavy atom. The van der Waals surface area contributed by atoms with Crippen LogP contribution in [0.5, 0.6) is 0 Å². The molecule has 0 aliphatic rings. The van der Waals surface area contributed by atoms with E-state index < -0.39 is 29.7 Å². The van der Waals surface area contributed by atoms with Gasteiger partial charge in [0.25, 0.3) is 0 Å². The summed E-state index contributed by atoms with van der Waals surface area (Å²) >= 11 is 0. The maximum Gasteiger partial charge on any atom is 0.408 e. The van der Waals surface area contributed by atoms with E-state index in [1.54, 1.807) is 52.0 Å². The van der Waals surface area contributed by atoms with E-state index in [1.807, 2.05) is 37.3 Å². The third kappa shape index (κ3) is 8.98. The lowest BCUT2D eigenvalue weighted by Crippen LogP contribution is -2.54. The van der Waals surface area contributed by atoms with E-state index in [4.69, 9.17) is 11.2 Å². The predicted octanol–water partition coefficient (Wildman–Crippen LogP) is 4.61. The van der Waals surface area contributed by atoms with E-state index in [9.17, 15) is 14.4 Å². The second-order valence-corrected chi connectivity index (χ2v) is 9.79. The summed E-state index contributed by atoms with van der Waals surface area (Å²) in [5.41, 5.74) is 1.22. The van der Waals surface area contributed by atoms with Crippen LogP contribution in [0.1, 0.15) is 70.2 Å². The number of rotatable bonds is 11. The van der Waals surface area contributed by atoms with Gasteiger partial charge in [0.15, 0.2) is 0 Å². The van der Waals surface area contributed by atoms with Crippen molar-refractivity contribution in [3.8, 4) is 12.3 Å². The van der Waals surface area contributed by atoms with Crippen molar-refractivity contribution in [2.75, 3.05) is 13.1 Å². The van der Waals surface area contributed by atoms with Gasteiger partial charge in [-0.15, -0.1) is 6.42 Å². The topological polar surface area (TPSA) is 87.7 Å². The molecule has 0 fully saturated rings. The van der Waals surface area contributed by atoms with Crippen molar-refractivity contribution in [2.24, 2.45) is 0 Å². The first-order valence-electron chi connectivity index (χ1n) is 12.8. The van der Waals surface area contributed by atoms with E-state index >= 15 is 0 Å². The van der Waals surface area contributed by atoms with Crippen LogP contribution < -0.4 is 10.6 Å². The van der Waals surface area contributed by atoms with Crippen molar-refractivity contribution >= 4 is 17.9 Å². The van der Waals surface area contributed by atoms with Crippen LogP contribution in [0.15, 0.2) is 54.6 Å². The van der Waals surface area contributed by atoms with E-state index in [2.05, 4.69) is 16.6 Å². The summed E-state index contributed by atoms with van der Waals surface area (Å²) in [6.45, 7) is 9.82. The molecule has 7 nitrogen and oxygen atoms in total. The number of ether oxygens (including phenoxy) is 1. The van der Waals surface area contributed by atoms with Crippen LogP contribution in [0.4, 0.5) is 4.79 Å². The quantitative estimate of drug-likeness (QED) is 0.345. The lowest BCUT2D eigenvalue weighted by molar-refractivity contribution is -0.142. The number of carbonyl (C=O) groups is 3. The fraction of sp³-hybridized carbons (Fsp3) is 0.433. The average molecular weight is 506 g/mol.